The zero-order valence-corrected chi connectivity index (χ0v) is 10.4. The van der Waals surface area contributed by atoms with Crippen LogP contribution in [0.25, 0.3) is 0 Å². The summed E-state index contributed by atoms with van der Waals surface area (Å²) < 4.78 is 0. The van der Waals surface area contributed by atoms with Gasteiger partial charge in [-0.15, -0.1) is 0 Å². The smallest absolute Gasteiger partial charge is 0.129 e. The molecule has 3 nitrogen and oxygen atoms in total. The third-order valence-electron chi connectivity index (χ3n) is 3.61. The third-order valence-corrected chi connectivity index (χ3v) is 3.61. The van der Waals surface area contributed by atoms with Gasteiger partial charge in [0.1, 0.15) is 5.82 Å². The maximum absolute atomic E-state index is 8.90. The van der Waals surface area contributed by atoms with Gasteiger partial charge >= 0.3 is 0 Å². The largest absolute Gasteiger partial charge is 0.357 e. The lowest BCUT2D eigenvalue weighted by Gasteiger charge is -2.28. The normalized spacial score (nSPS) is 17.2. The van der Waals surface area contributed by atoms with Gasteiger partial charge < -0.3 is 4.90 Å². The second-order valence-electron chi connectivity index (χ2n) is 4.77. The van der Waals surface area contributed by atoms with Gasteiger partial charge in [0, 0.05) is 19.3 Å². The summed E-state index contributed by atoms with van der Waals surface area (Å²) >= 11 is 0. The van der Waals surface area contributed by atoms with Crippen LogP contribution in [0.1, 0.15) is 44.1 Å². The monoisotopic (exact) mass is 229 g/mol. The van der Waals surface area contributed by atoms with Crippen molar-refractivity contribution in [3.63, 3.8) is 0 Å². The molecule has 0 saturated heterocycles. The quantitative estimate of drug-likeness (QED) is 0.731. The predicted molar refractivity (Wildman–Crippen MR) is 68.8 cm³/mol. The van der Waals surface area contributed by atoms with Crippen molar-refractivity contribution in [1.29, 1.82) is 5.26 Å². The first-order chi connectivity index (χ1) is 8.31. The van der Waals surface area contributed by atoms with E-state index in [1.165, 1.54) is 38.5 Å². The summed E-state index contributed by atoms with van der Waals surface area (Å²) in [6.45, 7) is 0. The Morgan fingerprint density at radius 2 is 2.00 bits per heavy atom. The molecule has 1 aromatic rings. The van der Waals surface area contributed by atoms with Crippen LogP contribution in [-0.2, 0) is 0 Å². The molecule has 17 heavy (non-hydrogen) atoms. The van der Waals surface area contributed by atoms with E-state index in [-0.39, 0.29) is 0 Å². The van der Waals surface area contributed by atoms with Crippen LogP contribution in [-0.4, -0.2) is 18.1 Å². The number of rotatable bonds is 2. The minimum Gasteiger partial charge on any atom is -0.357 e. The van der Waals surface area contributed by atoms with Gasteiger partial charge in [-0.25, -0.2) is 4.98 Å². The lowest BCUT2D eigenvalue weighted by atomic mass is 10.1. The molecule has 0 amide bonds. The molecule has 1 aliphatic carbocycles. The van der Waals surface area contributed by atoms with Crippen molar-refractivity contribution in [1.82, 2.24) is 4.98 Å². The van der Waals surface area contributed by atoms with Gasteiger partial charge in [0.05, 0.1) is 11.6 Å². The van der Waals surface area contributed by atoms with Crippen LogP contribution in [0.4, 0.5) is 5.82 Å². The van der Waals surface area contributed by atoms with Crippen LogP contribution in [0.2, 0.25) is 0 Å². The zero-order valence-electron chi connectivity index (χ0n) is 10.4. The molecular weight excluding hydrogens is 210 g/mol. The molecule has 1 fully saturated rings. The Labute approximate surface area is 103 Å². The summed E-state index contributed by atoms with van der Waals surface area (Å²) in [5.41, 5.74) is 0.690. The van der Waals surface area contributed by atoms with Gasteiger partial charge in [-0.05, 0) is 25.0 Å². The summed E-state index contributed by atoms with van der Waals surface area (Å²) in [5.74, 6) is 0.927. The summed E-state index contributed by atoms with van der Waals surface area (Å²) in [5, 5.41) is 8.90. The Hall–Kier alpha value is -1.56. The van der Waals surface area contributed by atoms with Gasteiger partial charge in [-0.1, -0.05) is 25.7 Å². The van der Waals surface area contributed by atoms with E-state index in [2.05, 4.69) is 23.0 Å². The van der Waals surface area contributed by atoms with Crippen LogP contribution >= 0.6 is 0 Å². The van der Waals surface area contributed by atoms with E-state index < -0.39 is 0 Å². The van der Waals surface area contributed by atoms with E-state index in [1.807, 2.05) is 6.07 Å². The highest BCUT2D eigenvalue weighted by molar-refractivity contribution is 5.45. The first-order valence-electron chi connectivity index (χ1n) is 6.40. The average molecular weight is 229 g/mol. The number of hydrogen-bond acceptors (Lipinski definition) is 3. The molecule has 0 atom stereocenters. The molecule has 0 spiro atoms. The van der Waals surface area contributed by atoms with Crippen molar-refractivity contribution in [2.24, 2.45) is 0 Å². The lowest BCUT2D eigenvalue weighted by Crippen LogP contribution is -2.31. The highest BCUT2D eigenvalue weighted by Gasteiger charge is 2.18. The maximum atomic E-state index is 8.90. The molecule has 1 saturated carbocycles. The van der Waals surface area contributed by atoms with Crippen molar-refractivity contribution in [2.45, 2.75) is 44.6 Å². The van der Waals surface area contributed by atoms with Crippen molar-refractivity contribution in [3.8, 4) is 6.07 Å². The number of hydrogen-bond donors (Lipinski definition) is 0. The Balaban J connectivity index is 2.12. The Morgan fingerprint density at radius 1 is 1.29 bits per heavy atom. The second kappa shape index (κ2) is 5.67. The van der Waals surface area contributed by atoms with E-state index in [4.69, 9.17) is 5.26 Å². The molecule has 0 N–H and O–H groups in total. The van der Waals surface area contributed by atoms with Crippen molar-refractivity contribution in [3.05, 3.63) is 23.9 Å². The molecule has 0 radical (unpaired) electrons. The van der Waals surface area contributed by atoms with Gasteiger partial charge in [-0.3, -0.25) is 0 Å². The lowest BCUT2D eigenvalue weighted by molar-refractivity contribution is 0.549. The first-order valence-corrected chi connectivity index (χ1v) is 6.40. The van der Waals surface area contributed by atoms with Gasteiger partial charge in [0.25, 0.3) is 0 Å². The van der Waals surface area contributed by atoms with E-state index in [1.54, 1.807) is 12.3 Å². The number of anilines is 1. The van der Waals surface area contributed by atoms with Crippen molar-refractivity contribution >= 4 is 5.82 Å². The zero-order chi connectivity index (χ0) is 12.1. The fourth-order valence-corrected chi connectivity index (χ4v) is 2.51. The minimum atomic E-state index is 0.582. The number of aromatic nitrogens is 1. The molecule has 1 heterocycles. The van der Waals surface area contributed by atoms with Crippen LogP contribution in [0.5, 0.6) is 0 Å². The number of pyridine rings is 1. The molecule has 0 aliphatic heterocycles. The van der Waals surface area contributed by atoms with Crippen LogP contribution in [0.3, 0.4) is 0 Å². The molecule has 2 rings (SSSR count). The molecule has 3 heteroatoms. The number of nitrogens with zero attached hydrogens (tertiary/aromatic N) is 3. The first kappa shape index (κ1) is 11.9. The molecular formula is C14H19N3. The average Bonchev–Trinajstić information content (AvgIpc) is 2.67. The Kier molecular flexibility index (Phi) is 3.98. The SMILES string of the molecule is CN(c1cc(C#N)ccn1)C1CCCCCC1. The molecule has 0 bridgehead atoms. The second-order valence-corrected chi connectivity index (χ2v) is 4.77. The summed E-state index contributed by atoms with van der Waals surface area (Å²) in [7, 11) is 2.10. The molecule has 1 aliphatic rings. The summed E-state index contributed by atoms with van der Waals surface area (Å²) in [4.78, 5) is 6.61. The van der Waals surface area contributed by atoms with Crippen LogP contribution in [0.15, 0.2) is 18.3 Å². The van der Waals surface area contributed by atoms with E-state index in [9.17, 15) is 0 Å². The van der Waals surface area contributed by atoms with E-state index in [0.717, 1.165) is 5.82 Å². The fraction of sp³-hybridized carbons (Fsp3) is 0.571. The van der Waals surface area contributed by atoms with Gasteiger partial charge in [0.15, 0.2) is 0 Å². The summed E-state index contributed by atoms with van der Waals surface area (Å²) in [6.07, 6.45) is 9.55. The highest BCUT2D eigenvalue weighted by atomic mass is 15.2. The van der Waals surface area contributed by atoms with E-state index >= 15 is 0 Å². The topological polar surface area (TPSA) is 39.9 Å². The fourth-order valence-electron chi connectivity index (χ4n) is 2.51. The van der Waals surface area contributed by atoms with Crippen molar-refractivity contribution < 1.29 is 0 Å². The van der Waals surface area contributed by atoms with E-state index in [0.29, 0.717) is 11.6 Å². The molecule has 0 unspecified atom stereocenters. The Bertz CT molecular complexity index is 400. The van der Waals surface area contributed by atoms with Crippen LogP contribution < -0.4 is 4.90 Å². The summed E-state index contributed by atoms with van der Waals surface area (Å²) in [6, 6.07) is 6.39. The van der Waals surface area contributed by atoms with Gasteiger partial charge in [-0.2, -0.15) is 5.26 Å². The standard InChI is InChI=1S/C14H19N3/c1-17(13-6-4-2-3-5-7-13)14-10-12(11-15)8-9-16-14/h8-10,13H,2-7H2,1H3. The molecule has 90 valence electrons. The molecule has 0 aromatic carbocycles. The number of nitriles is 1. The van der Waals surface area contributed by atoms with Crippen LogP contribution in [0, 0.1) is 11.3 Å². The Morgan fingerprint density at radius 3 is 2.65 bits per heavy atom. The van der Waals surface area contributed by atoms with Gasteiger partial charge in [0.2, 0.25) is 0 Å². The predicted octanol–water partition coefficient (Wildman–Crippen LogP) is 3.11. The maximum Gasteiger partial charge on any atom is 0.129 e. The third kappa shape index (κ3) is 2.97. The molecule has 1 aromatic heterocycles. The van der Waals surface area contributed by atoms with Crippen molar-refractivity contribution in [2.75, 3.05) is 11.9 Å². The highest BCUT2D eigenvalue weighted by Crippen LogP contribution is 2.24. The minimum absolute atomic E-state index is 0.582.